The van der Waals surface area contributed by atoms with Crippen molar-refractivity contribution in [3.8, 4) is 6.07 Å². The van der Waals surface area contributed by atoms with Gasteiger partial charge in [-0.15, -0.1) is 28.7 Å². The fourth-order valence-corrected chi connectivity index (χ4v) is 3.88. The number of rotatable bonds is 3. The van der Waals surface area contributed by atoms with Crippen molar-refractivity contribution in [3.05, 3.63) is 70.8 Å². The highest BCUT2D eigenvalue weighted by molar-refractivity contribution is 8.93. The Balaban J connectivity index is 0.00000208. The maximum Gasteiger partial charge on any atom is 0.0991 e. The molecule has 24 heavy (non-hydrogen) atoms. The lowest BCUT2D eigenvalue weighted by Gasteiger charge is -2.13. The normalized spacial score (nSPS) is 14.3. The van der Waals surface area contributed by atoms with Gasteiger partial charge < -0.3 is 4.90 Å². The average Bonchev–Trinajstić information content (AvgIpc) is 2.71. The summed E-state index contributed by atoms with van der Waals surface area (Å²) in [6, 6.07) is 16.9. The number of nitriles is 1. The maximum absolute atomic E-state index is 9.26. The van der Waals surface area contributed by atoms with Crippen LogP contribution in [0.15, 0.2) is 53.4 Å². The van der Waals surface area contributed by atoms with E-state index in [0.717, 1.165) is 24.3 Å². The Morgan fingerprint density at radius 2 is 1.96 bits per heavy atom. The monoisotopic (exact) mass is 400 g/mol. The topological polar surface area (TPSA) is 27.0 Å². The van der Waals surface area contributed by atoms with E-state index in [1.165, 1.54) is 27.2 Å². The predicted octanol–water partition coefficient (Wildman–Crippen LogP) is 5.13. The summed E-state index contributed by atoms with van der Waals surface area (Å²) in [6.45, 7) is 1.02. The zero-order chi connectivity index (χ0) is 16.2. The Hall–Kier alpha value is -1.54. The van der Waals surface area contributed by atoms with Crippen LogP contribution < -0.4 is 0 Å². The molecular formula is C20H21BrN2S. The molecule has 1 heterocycles. The van der Waals surface area contributed by atoms with Crippen LogP contribution in [-0.4, -0.2) is 25.5 Å². The molecule has 1 aliphatic heterocycles. The van der Waals surface area contributed by atoms with Gasteiger partial charge in [-0.05, 0) is 61.0 Å². The molecule has 2 aromatic carbocycles. The van der Waals surface area contributed by atoms with E-state index in [1.807, 2.05) is 23.9 Å². The number of halogens is 1. The van der Waals surface area contributed by atoms with Crippen LogP contribution in [0, 0.1) is 11.3 Å². The Morgan fingerprint density at radius 1 is 1.17 bits per heavy atom. The minimum Gasteiger partial charge on any atom is -0.309 e. The van der Waals surface area contributed by atoms with E-state index >= 15 is 0 Å². The van der Waals surface area contributed by atoms with E-state index < -0.39 is 0 Å². The first-order valence-electron chi connectivity index (χ1n) is 7.79. The number of benzene rings is 2. The predicted molar refractivity (Wildman–Crippen MR) is 108 cm³/mol. The van der Waals surface area contributed by atoms with Crippen molar-refractivity contribution in [3.63, 3.8) is 0 Å². The van der Waals surface area contributed by atoms with Crippen LogP contribution in [0.4, 0.5) is 0 Å². The average molecular weight is 401 g/mol. The van der Waals surface area contributed by atoms with Crippen LogP contribution in [0.1, 0.15) is 28.7 Å². The van der Waals surface area contributed by atoms with Gasteiger partial charge in [0, 0.05) is 17.2 Å². The van der Waals surface area contributed by atoms with Crippen LogP contribution in [0.25, 0.3) is 5.57 Å². The van der Waals surface area contributed by atoms with Gasteiger partial charge >= 0.3 is 0 Å². The van der Waals surface area contributed by atoms with Crippen molar-refractivity contribution in [2.75, 3.05) is 20.6 Å². The highest BCUT2D eigenvalue weighted by atomic mass is 79.9. The van der Waals surface area contributed by atoms with Crippen LogP contribution in [0.3, 0.4) is 0 Å². The summed E-state index contributed by atoms with van der Waals surface area (Å²) in [7, 11) is 4.19. The summed E-state index contributed by atoms with van der Waals surface area (Å²) in [5, 5.41) is 9.26. The van der Waals surface area contributed by atoms with E-state index in [9.17, 15) is 5.26 Å². The smallest absolute Gasteiger partial charge is 0.0991 e. The first-order valence-corrected chi connectivity index (χ1v) is 8.78. The van der Waals surface area contributed by atoms with Gasteiger partial charge in [0.25, 0.3) is 0 Å². The van der Waals surface area contributed by atoms with Gasteiger partial charge in [-0.1, -0.05) is 30.3 Å². The second kappa shape index (κ2) is 8.53. The minimum absolute atomic E-state index is 0. The standard InChI is InChI=1S/C20H20N2S.BrH/c1-22(2)11-5-8-18-17-7-4-3-6-16(17)14-23-20-10-9-15(13-21)12-19(18)20;/h3-4,6-10,12H,5,11,14H2,1-2H3;1H. The van der Waals surface area contributed by atoms with Crippen molar-refractivity contribution >= 4 is 34.3 Å². The van der Waals surface area contributed by atoms with Crippen LogP contribution >= 0.6 is 28.7 Å². The van der Waals surface area contributed by atoms with Gasteiger partial charge in [0.2, 0.25) is 0 Å². The number of hydrogen-bond acceptors (Lipinski definition) is 3. The van der Waals surface area contributed by atoms with E-state index in [0.29, 0.717) is 0 Å². The first-order chi connectivity index (χ1) is 11.2. The quantitative estimate of drug-likeness (QED) is 0.714. The second-order valence-corrected chi connectivity index (χ2v) is 7.00. The molecule has 2 nitrogen and oxygen atoms in total. The summed E-state index contributed by atoms with van der Waals surface area (Å²) >= 11 is 1.85. The molecule has 0 aliphatic carbocycles. The maximum atomic E-state index is 9.26. The molecule has 0 amide bonds. The zero-order valence-corrected chi connectivity index (χ0v) is 16.5. The van der Waals surface area contributed by atoms with Crippen molar-refractivity contribution in [2.24, 2.45) is 0 Å². The van der Waals surface area contributed by atoms with Gasteiger partial charge in [-0.25, -0.2) is 0 Å². The Labute approximate surface area is 159 Å². The first kappa shape index (κ1) is 18.8. The van der Waals surface area contributed by atoms with E-state index in [-0.39, 0.29) is 17.0 Å². The molecule has 0 unspecified atom stereocenters. The molecule has 0 fully saturated rings. The summed E-state index contributed by atoms with van der Waals surface area (Å²) < 4.78 is 0. The van der Waals surface area contributed by atoms with Crippen molar-refractivity contribution in [1.82, 2.24) is 4.90 Å². The van der Waals surface area contributed by atoms with Crippen molar-refractivity contribution in [2.45, 2.75) is 17.1 Å². The number of hydrogen-bond donors (Lipinski definition) is 0. The molecule has 0 spiro atoms. The molecular weight excluding hydrogens is 380 g/mol. The number of fused-ring (bicyclic) bond motifs is 2. The van der Waals surface area contributed by atoms with Gasteiger partial charge in [-0.3, -0.25) is 0 Å². The Bertz CT molecular complexity index is 790. The third-order valence-corrected chi connectivity index (χ3v) is 5.14. The molecule has 0 radical (unpaired) electrons. The fraction of sp³-hybridized carbons (Fsp3) is 0.250. The SMILES string of the molecule is Br.CN(C)CCC=C1c2ccccc2CSc2ccc(C#N)cc21. The van der Waals surface area contributed by atoms with Crippen molar-refractivity contribution in [1.29, 1.82) is 5.26 Å². The van der Waals surface area contributed by atoms with E-state index in [1.54, 1.807) is 0 Å². The number of thioether (sulfide) groups is 1. The number of nitrogens with zero attached hydrogens (tertiary/aromatic N) is 2. The van der Waals surface area contributed by atoms with Gasteiger partial charge in [0.1, 0.15) is 0 Å². The Kier molecular flexibility index (Phi) is 6.68. The lowest BCUT2D eigenvalue weighted by Crippen LogP contribution is -2.12. The molecule has 1 aliphatic rings. The van der Waals surface area contributed by atoms with Crippen LogP contribution in [-0.2, 0) is 5.75 Å². The van der Waals surface area contributed by atoms with E-state index in [4.69, 9.17) is 0 Å². The van der Waals surface area contributed by atoms with Gasteiger partial charge in [0.15, 0.2) is 0 Å². The van der Waals surface area contributed by atoms with Crippen molar-refractivity contribution < 1.29 is 0 Å². The summed E-state index contributed by atoms with van der Waals surface area (Å²) in [4.78, 5) is 3.46. The molecule has 3 rings (SSSR count). The third kappa shape index (κ3) is 4.10. The molecule has 0 aromatic heterocycles. The molecule has 0 saturated carbocycles. The minimum atomic E-state index is 0. The van der Waals surface area contributed by atoms with Gasteiger partial charge in [-0.2, -0.15) is 5.26 Å². The lowest BCUT2D eigenvalue weighted by atomic mass is 9.92. The lowest BCUT2D eigenvalue weighted by molar-refractivity contribution is 0.417. The summed E-state index contributed by atoms with van der Waals surface area (Å²) in [6.07, 6.45) is 3.32. The second-order valence-electron chi connectivity index (χ2n) is 5.98. The fourth-order valence-electron chi connectivity index (χ4n) is 2.83. The molecule has 0 atom stereocenters. The summed E-state index contributed by atoms with van der Waals surface area (Å²) in [5.74, 6) is 0.972. The van der Waals surface area contributed by atoms with Gasteiger partial charge in [0.05, 0.1) is 11.6 Å². The Morgan fingerprint density at radius 3 is 2.71 bits per heavy atom. The molecule has 0 bridgehead atoms. The van der Waals surface area contributed by atoms with E-state index in [2.05, 4.69) is 61.5 Å². The zero-order valence-electron chi connectivity index (χ0n) is 14.0. The summed E-state index contributed by atoms with van der Waals surface area (Å²) in [5.41, 5.74) is 5.84. The molecule has 124 valence electrons. The molecule has 0 N–H and O–H groups in total. The highest BCUT2D eigenvalue weighted by Gasteiger charge is 2.18. The molecule has 4 heteroatoms. The molecule has 2 aromatic rings. The van der Waals surface area contributed by atoms with Crippen LogP contribution in [0.5, 0.6) is 0 Å². The third-order valence-electron chi connectivity index (χ3n) is 4.01. The highest BCUT2D eigenvalue weighted by Crippen LogP contribution is 2.40. The largest absolute Gasteiger partial charge is 0.309 e. The molecule has 0 saturated heterocycles. The van der Waals surface area contributed by atoms with Crippen LogP contribution in [0.2, 0.25) is 0 Å².